The molecule has 28 heavy (non-hydrogen) atoms. The molecule has 0 spiro atoms. The zero-order valence-corrected chi connectivity index (χ0v) is 16.3. The minimum atomic E-state index is -1.24. The second kappa shape index (κ2) is 8.57. The Bertz CT molecular complexity index is 818. The number of carboxylic acid groups (broad SMARTS) is 1. The Labute approximate surface area is 165 Å². The lowest BCUT2D eigenvalue weighted by molar-refractivity contribution is -0.159. The maximum absolute atomic E-state index is 12.6. The molecule has 0 aromatic heterocycles. The lowest BCUT2D eigenvalue weighted by Gasteiger charge is -2.22. The molecule has 0 saturated carbocycles. The summed E-state index contributed by atoms with van der Waals surface area (Å²) in [6, 6.07) is 15.7. The first-order valence-electron chi connectivity index (χ1n) is 9.77. The third kappa shape index (κ3) is 3.94. The summed E-state index contributed by atoms with van der Waals surface area (Å²) in [7, 11) is 0. The molecule has 0 amide bonds. The predicted molar refractivity (Wildman–Crippen MR) is 108 cm³/mol. The highest BCUT2D eigenvalue weighted by Gasteiger charge is 2.34. The van der Waals surface area contributed by atoms with E-state index in [1.807, 2.05) is 50.2 Å². The number of nitrogens with two attached hydrogens (primary N) is 1. The van der Waals surface area contributed by atoms with Crippen LogP contribution >= 0.6 is 0 Å². The van der Waals surface area contributed by atoms with Crippen LogP contribution < -0.4 is 5.73 Å². The molecule has 3 atom stereocenters. The van der Waals surface area contributed by atoms with Crippen molar-refractivity contribution in [3.63, 3.8) is 0 Å². The molecule has 0 fully saturated rings. The van der Waals surface area contributed by atoms with E-state index >= 15 is 0 Å². The molecule has 2 aromatic rings. The van der Waals surface area contributed by atoms with E-state index in [2.05, 4.69) is 12.1 Å². The molecular formula is C23H27NO4. The molecule has 1 aliphatic rings. The minimum absolute atomic E-state index is 0.0843. The number of aliphatic carboxylic acids is 1. The summed E-state index contributed by atoms with van der Waals surface area (Å²) in [6.45, 7) is 4.07. The van der Waals surface area contributed by atoms with E-state index in [1.165, 1.54) is 0 Å². The van der Waals surface area contributed by atoms with Gasteiger partial charge in [0.05, 0.1) is 0 Å². The van der Waals surface area contributed by atoms with Gasteiger partial charge in [-0.3, -0.25) is 9.59 Å². The Morgan fingerprint density at radius 3 is 2.11 bits per heavy atom. The Balaban J connectivity index is 1.74. The second-order valence-electron chi connectivity index (χ2n) is 7.53. The molecule has 3 N–H and O–H groups in total. The average molecular weight is 381 g/mol. The fourth-order valence-corrected chi connectivity index (χ4v) is 3.81. The zero-order valence-electron chi connectivity index (χ0n) is 16.3. The van der Waals surface area contributed by atoms with E-state index in [-0.39, 0.29) is 30.9 Å². The first kappa shape index (κ1) is 20.1. The van der Waals surface area contributed by atoms with Crippen LogP contribution in [0.5, 0.6) is 0 Å². The van der Waals surface area contributed by atoms with Crippen molar-refractivity contribution in [2.45, 2.75) is 38.6 Å². The molecule has 1 aliphatic carbocycles. The van der Waals surface area contributed by atoms with Crippen LogP contribution in [-0.2, 0) is 14.3 Å². The third-order valence-corrected chi connectivity index (χ3v) is 5.82. The lowest BCUT2D eigenvalue weighted by atomic mass is 9.90. The highest BCUT2D eigenvalue weighted by molar-refractivity contribution is 5.94. The van der Waals surface area contributed by atoms with Crippen molar-refractivity contribution in [1.82, 2.24) is 0 Å². The van der Waals surface area contributed by atoms with Crippen molar-refractivity contribution in [1.29, 1.82) is 0 Å². The average Bonchev–Trinajstić information content (AvgIpc) is 3.03. The van der Waals surface area contributed by atoms with Crippen molar-refractivity contribution in [2.75, 3.05) is 6.61 Å². The van der Waals surface area contributed by atoms with Gasteiger partial charge in [-0.15, -0.1) is 0 Å². The van der Waals surface area contributed by atoms with Gasteiger partial charge in [0.15, 0.2) is 5.92 Å². The van der Waals surface area contributed by atoms with Crippen LogP contribution in [-0.4, -0.2) is 29.7 Å². The van der Waals surface area contributed by atoms with Gasteiger partial charge in [0.1, 0.15) is 6.61 Å². The number of ether oxygens (including phenoxy) is 1. The van der Waals surface area contributed by atoms with E-state index in [0.29, 0.717) is 0 Å². The molecule has 5 heteroatoms. The van der Waals surface area contributed by atoms with Gasteiger partial charge >= 0.3 is 11.9 Å². The van der Waals surface area contributed by atoms with Crippen LogP contribution in [0.1, 0.15) is 43.7 Å². The number of hydrogen-bond acceptors (Lipinski definition) is 4. The minimum Gasteiger partial charge on any atom is -0.481 e. The summed E-state index contributed by atoms with van der Waals surface area (Å²) in [5.74, 6) is -3.09. The summed E-state index contributed by atoms with van der Waals surface area (Å²) >= 11 is 0. The van der Waals surface area contributed by atoms with E-state index in [0.717, 1.165) is 28.7 Å². The smallest absolute Gasteiger partial charge is 0.320 e. The standard InChI is InChI=1S/C23H27NO4/c1-3-14(2)21(24)12-19(22(25)26)23(27)28-13-20-17-10-6-4-8-15(17)16-9-5-7-11-18(16)20/h4-11,14,19-21H,3,12-13,24H2,1-2H3,(H,25,26)/t14-,19?,21+/m0/s1. The van der Waals surface area contributed by atoms with Gasteiger partial charge in [-0.2, -0.15) is 0 Å². The van der Waals surface area contributed by atoms with Crippen LogP contribution in [0.3, 0.4) is 0 Å². The third-order valence-electron chi connectivity index (χ3n) is 5.82. The van der Waals surface area contributed by atoms with Crippen LogP contribution in [0.25, 0.3) is 11.1 Å². The number of fused-ring (bicyclic) bond motifs is 3. The van der Waals surface area contributed by atoms with Gasteiger partial charge in [0.25, 0.3) is 0 Å². The molecule has 0 bridgehead atoms. The van der Waals surface area contributed by atoms with Crippen LogP contribution in [0.4, 0.5) is 0 Å². The molecule has 1 unspecified atom stereocenters. The number of esters is 1. The first-order chi connectivity index (χ1) is 13.4. The SMILES string of the molecule is CC[C@H](C)[C@H](N)CC(C(=O)O)C(=O)OCC1c2ccccc2-c2ccccc21. The highest BCUT2D eigenvalue weighted by atomic mass is 16.5. The summed E-state index contributed by atoms with van der Waals surface area (Å²) < 4.78 is 5.50. The van der Waals surface area contributed by atoms with Crippen molar-refractivity contribution in [2.24, 2.45) is 17.6 Å². The van der Waals surface area contributed by atoms with Crippen LogP contribution in [0.15, 0.2) is 48.5 Å². The molecule has 3 rings (SSSR count). The summed E-state index contributed by atoms with van der Waals surface area (Å²) in [5.41, 5.74) is 10.5. The number of rotatable bonds is 8. The van der Waals surface area contributed by atoms with Crippen molar-refractivity contribution in [3.05, 3.63) is 59.7 Å². The summed E-state index contributed by atoms with van der Waals surface area (Å²) in [4.78, 5) is 24.2. The van der Waals surface area contributed by atoms with E-state index < -0.39 is 17.9 Å². The second-order valence-corrected chi connectivity index (χ2v) is 7.53. The maximum atomic E-state index is 12.6. The van der Waals surface area contributed by atoms with Crippen LogP contribution in [0.2, 0.25) is 0 Å². The maximum Gasteiger partial charge on any atom is 0.320 e. The Kier molecular flexibility index (Phi) is 6.15. The Morgan fingerprint density at radius 1 is 1.07 bits per heavy atom. The van der Waals surface area contributed by atoms with Gasteiger partial charge in [-0.25, -0.2) is 0 Å². The van der Waals surface area contributed by atoms with Gasteiger partial charge in [-0.05, 0) is 34.6 Å². The van der Waals surface area contributed by atoms with Crippen molar-refractivity contribution >= 4 is 11.9 Å². The molecule has 0 saturated heterocycles. The quantitative estimate of drug-likeness (QED) is 0.536. The largest absolute Gasteiger partial charge is 0.481 e. The molecule has 0 heterocycles. The molecule has 0 aliphatic heterocycles. The number of carbonyl (C=O) groups excluding carboxylic acids is 1. The van der Waals surface area contributed by atoms with Gasteiger partial charge in [0, 0.05) is 12.0 Å². The normalized spacial score (nSPS) is 16.0. The van der Waals surface area contributed by atoms with E-state index in [4.69, 9.17) is 10.5 Å². The highest BCUT2D eigenvalue weighted by Crippen LogP contribution is 2.44. The topological polar surface area (TPSA) is 89.6 Å². The first-order valence-corrected chi connectivity index (χ1v) is 9.77. The molecule has 148 valence electrons. The van der Waals surface area contributed by atoms with Gasteiger partial charge < -0.3 is 15.6 Å². The molecule has 0 radical (unpaired) electrons. The number of carboxylic acids is 1. The fraction of sp³-hybridized carbons (Fsp3) is 0.391. The number of benzene rings is 2. The van der Waals surface area contributed by atoms with Gasteiger partial charge in [0.2, 0.25) is 0 Å². The molecule has 5 nitrogen and oxygen atoms in total. The van der Waals surface area contributed by atoms with E-state index in [9.17, 15) is 14.7 Å². The van der Waals surface area contributed by atoms with Crippen LogP contribution in [0, 0.1) is 11.8 Å². The lowest BCUT2D eigenvalue weighted by Crippen LogP contribution is -2.37. The zero-order chi connectivity index (χ0) is 20.3. The van der Waals surface area contributed by atoms with Gasteiger partial charge in [-0.1, -0.05) is 68.8 Å². The number of carbonyl (C=O) groups is 2. The monoisotopic (exact) mass is 381 g/mol. The van der Waals surface area contributed by atoms with E-state index in [1.54, 1.807) is 0 Å². The predicted octanol–water partition coefficient (Wildman–Crippen LogP) is 3.81. The Hall–Kier alpha value is -2.66. The summed E-state index contributed by atoms with van der Waals surface area (Å²) in [5, 5.41) is 9.50. The fourth-order valence-electron chi connectivity index (χ4n) is 3.81. The summed E-state index contributed by atoms with van der Waals surface area (Å²) in [6.07, 6.45) is 0.916. The molecular weight excluding hydrogens is 354 g/mol. The van der Waals surface area contributed by atoms with Crippen molar-refractivity contribution < 1.29 is 19.4 Å². The van der Waals surface area contributed by atoms with Crippen molar-refractivity contribution in [3.8, 4) is 11.1 Å². The number of hydrogen-bond donors (Lipinski definition) is 2. The Morgan fingerprint density at radius 2 is 1.61 bits per heavy atom. The molecule has 2 aromatic carbocycles.